The van der Waals surface area contributed by atoms with Crippen LogP contribution < -0.4 is 5.32 Å². The number of aromatic amines is 1. The van der Waals surface area contributed by atoms with Gasteiger partial charge in [0.25, 0.3) is 0 Å². The van der Waals surface area contributed by atoms with Crippen molar-refractivity contribution in [3.05, 3.63) is 64.9 Å². The standard InChI is InChI=1S/C28H38N6/c1-3-7-24-21(2)23-11-13-30-25(28(23)32-24)20-34(17-6-16-33-18-14-29-15-19-33)26-10-4-8-22-9-5-12-31-27(22)26/h3,5,7,9,11-13,26,29,32H,4,6,8,10,14-20H2,1-2H3/b7-3-/t26-/m0/s1. The largest absolute Gasteiger partial charge is 0.353 e. The zero-order valence-corrected chi connectivity index (χ0v) is 20.7. The van der Waals surface area contributed by atoms with Crippen LogP contribution in [0.4, 0.5) is 0 Å². The minimum Gasteiger partial charge on any atom is -0.353 e. The number of pyridine rings is 2. The van der Waals surface area contributed by atoms with Crippen LogP contribution in [0.1, 0.15) is 60.4 Å². The third-order valence-electron chi connectivity index (χ3n) is 7.52. The monoisotopic (exact) mass is 458 g/mol. The average molecular weight is 459 g/mol. The summed E-state index contributed by atoms with van der Waals surface area (Å²) in [5.41, 5.74) is 7.50. The van der Waals surface area contributed by atoms with Gasteiger partial charge in [0, 0.05) is 62.7 Å². The lowest BCUT2D eigenvalue weighted by Crippen LogP contribution is -2.44. The highest BCUT2D eigenvalue weighted by Crippen LogP contribution is 2.34. The molecule has 0 radical (unpaired) electrons. The second-order valence-corrected chi connectivity index (χ2v) is 9.72. The van der Waals surface area contributed by atoms with Crippen molar-refractivity contribution in [2.45, 2.75) is 52.1 Å². The molecule has 34 heavy (non-hydrogen) atoms. The molecular weight excluding hydrogens is 420 g/mol. The highest BCUT2D eigenvalue weighted by atomic mass is 15.2. The zero-order valence-electron chi connectivity index (χ0n) is 20.7. The first-order valence-electron chi connectivity index (χ1n) is 12.9. The lowest BCUT2D eigenvalue weighted by Gasteiger charge is -2.35. The van der Waals surface area contributed by atoms with Gasteiger partial charge in [0.15, 0.2) is 0 Å². The second-order valence-electron chi connectivity index (χ2n) is 9.72. The summed E-state index contributed by atoms with van der Waals surface area (Å²) in [5, 5.41) is 4.74. The van der Waals surface area contributed by atoms with E-state index in [1.165, 1.54) is 52.7 Å². The molecule has 1 aliphatic heterocycles. The molecule has 1 fully saturated rings. The Bertz CT molecular complexity index is 1130. The quantitative estimate of drug-likeness (QED) is 0.521. The summed E-state index contributed by atoms with van der Waals surface area (Å²) in [7, 11) is 0. The van der Waals surface area contributed by atoms with Gasteiger partial charge in [-0.15, -0.1) is 0 Å². The molecule has 180 valence electrons. The van der Waals surface area contributed by atoms with Gasteiger partial charge in [-0.05, 0) is 75.4 Å². The Morgan fingerprint density at radius 3 is 2.91 bits per heavy atom. The van der Waals surface area contributed by atoms with Crippen LogP contribution in [0, 0.1) is 6.92 Å². The van der Waals surface area contributed by atoms with Gasteiger partial charge in [-0.3, -0.25) is 14.9 Å². The van der Waals surface area contributed by atoms with Crippen molar-refractivity contribution in [1.29, 1.82) is 0 Å². The predicted octanol–water partition coefficient (Wildman–Crippen LogP) is 4.47. The molecular formula is C28H38N6. The number of aromatic nitrogens is 3. The van der Waals surface area contributed by atoms with Crippen molar-refractivity contribution in [3.63, 3.8) is 0 Å². The van der Waals surface area contributed by atoms with E-state index >= 15 is 0 Å². The topological polar surface area (TPSA) is 60.1 Å². The van der Waals surface area contributed by atoms with Crippen molar-refractivity contribution < 1.29 is 0 Å². The lowest BCUT2D eigenvalue weighted by molar-refractivity contribution is 0.148. The zero-order chi connectivity index (χ0) is 23.3. The lowest BCUT2D eigenvalue weighted by atomic mass is 9.90. The fourth-order valence-corrected chi connectivity index (χ4v) is 5.69. The van der Waals surface area contributed by atoms with Gasteiger partial charge >= 0.3 is 0 Å². The Morgan fingerprint density at radius 1 is 1.18 bits per heavy atom. The van der Waals surface area contributed by atoms with Crippen LogP contribution in [0.15, 0.2) is 36.7 Å². The first-order chi connectivity index (χ1) is 16.7. The Labute approximate surface area is 203 Å². The summed E-state index contributed by atoms with van der Waals surface area (Å²) in [6.45, 7) is 11.9. The summed E-state index contributed by atoms with van der Waals surface area (Å²) in [5.74, 6) is 0. The maximum Gasteiger partial charge on any atom is 0.0784 e. The van der Waals surface area contributed by atoms with Gasteiger partial charge in [-0.1, -0.05) is 12.1 Å². The third-order valence-corrected chi connectivity index (χ3v) is 7.52. The molecule has 0 unspecified atom stereocenters. The van der Waals surface area contributed by atoms with Crippen molar-refractivity contribution in [2.75, 3.05) is 39.3 Å². The van der Waals surface area contributed by atoms with Crippen molar-refractivity contribution in [3.8, 4) is 0 Å². The molecule has 0 saturated carbocycles. The Balaban J connectivity index is 1.42. The number of fused-ring (bicyclic) bond motifs is 2. The SMILES string of the molecule is C/C=C\c1[nH]c2c(CN(CCCN3CCNCC3)[C@H]3CCCc4cccnc43)nccc2c1C. The van der Waals surface area contributed by atoms with E-state index in [1.54, 1.807) is 0 Å². The molecule has 4 heterocycles. The number of nitrogens with zero attached hydrogens (tertiary/aromatic N) is 4. The van der Waals surface area contributed by atoms with Crippen LogP contribution in [-0.4, -0.2) is 64.0 Å². The van der Waals surface area contributed by atoms with Gasteiger partial charge in [-0.25, -0.2) is 0 Å². The number of hydrogen-bond acceptors (Lipinski definition) is 5. The summed E-state index contributed by atoms with van der Waals surface area (Å²) >= 11 is 0. The van der Waals surface area contributed by atoms with Crippen molar-refractivity contribution >= 4 is 17.0 Å². The summed E-state index contributed by atoms with van der Waals surface area (Å²) in [4.78, 5) is 18.7. The van der Waals surface area contributed by atoms with Crippen LogP contribution >= 0.6 is 0 Å². The van der Waals surface area contributed by atoms with Crippen LogP contribution in [0.5, 0.6) is 0 Å². The minimum atomic E-state index is 0.357. The minimum absolute atomic E-state index is 0.357. The molecule has 1 atom stereocenters. The fraction of sp³-hybridized carbons (Fsp3) is 0.500. The van der Waals surface area contributed by atoms with Gasteiger partial charge in [-0.2, -0.15) is 0 Å². The highest BCUT2D eigenvalue weighted by molar-refractivity contribution is 5.88. The van der Waals surface area contributed by atoms with Crippen molar-refractivity contribution in [2.24, 2.45) is 0 Å². The molecule has 0 spiro atoms. The number of rotatable bonds is 8. The smallest absolute Gasteiger partial charge is 0.0784 e. The van der Waals surface area contributed by atoms with E-state index in [1.807, 2.05) is 12.4 Å². The normalized spacial score (nSPS) is 19.3. The van der Waals surface area contributed by atoms with Crippen LogP contribution in [0.25, 0.3) is 17.0 Å². The van der Waals surface area contributed by atoms with E-state index in [-0.39, 0.29) is 0 Å². The maximum absolute atomic E-state index is 4.87. The van der Waals surface area contributed by atoms with E-state index < -0.39 is 0 Å². The number of allylic oxidation sites excluding steroid dienone is 1. The Morgan fingerprint density at radius 2 is 2.06 bits per heavy atom. The van der Waals surface area contributed by atoms with Crippen LogP contribution in [0.3, 0.4) is 0 Å². The molecule has 0 bridgehead atoms. The molecule has 0 amide bonds. The van der Waals surface area contributed by atoms with E-state index in [4.69, 9.17) is 9.97 Å². The first-order valence-corrected chi connectivity index (χ1v) is 12.9. The van der Waals surface area contributed by atoms with E-state index in [2.05, 4.69) is 64.3 Å². The van der Waals surface area contributed by atoms with Gasteiger partial charge in [0.1, 0.15) is 0 Å². The van der Waals surface area contributed by atoms with Gasteiger partial charge in [0.05, 0.1) is 22.9 Å². The van der Waals surface area contributed by atoms with Gasteiger partial charge in [0.2, 0.25) is 0 Å². The molecule has 6 nitrogen and oxygen atoms in total. The number of H-pyrrole nitrogens is 1. The van der Waals surface area contributed by atoms with E-state index in [0.717, 1.165) is 57.9 Å². The van der Waals surface area contributed by atoms with E-state index in [0.29, 0.717) is 6.04 Å². The van der Waals surface area contributed by atoms with Crippen LogP contribution in [0.2, 0.25) is 0 Å². The predicted molar refractivity (Wildman–Crippen MR) is 140 cm³/mol. The van der Waals surface area contributed by atoms with Gasteiger partial charge < -0.3 is 15.2 Å². The fourth-order valence-electron chi connectivity index (χ4n) is 5.69. The molecule has 0 aromatic carbocycles. The van der Waals surface area contributed by atoms with Crippen molar-refractivity contribution in [1.82, 2.24) is 30.1 Å². The molecule has 6 heteroatoms. The Kier molecular flexibility index (Phi) is 7.38. The first kappa shape index (κ1) is 23.2. The molecule has 2 aliphatic rings. The highest BCUT2D eigenvalue weighted by Gasteiger charge is 2.28. The molecule has 1 aliphatic carbocycles. The molecule has 5 rings (SSSR count). The number of nitrogens with one attached hydrogen (secondary N) is 2. The summed E-state index contributed by atoms with van der Waals surface area (Å²) in [6, 6.07) is 6.85. The molecule has 3 aromatic rings. The van der Waals surface area contributed by atoms with E-state index in [9.17, 15) is 0 Å². The van der Waals surface area contributed by atoms with Crippen LogP contribution in [-0.2, 0) is 13.0 Å². The second kappa shape index (κ2) is 10.8. The maximum atomic E-state index is 4.87. The molecule has 3 aromatic heterocycles. The molecule has 2 N–H and O–H groups in total. The summed E-state index contributed by atoms with van der Waals surface area (Å²) < 4.78 is 0. The average Bonchev–Trinajstić information content (AvgIpc) is 3.20. The third kappa shape index (κ3) is 4.95. The number of hydrogen-bond donors (Lipinski definition) is 2. The number of aryl methyl sites for hydroxylation is 2. The summed E-state index contributed by atoms with van der Waals surface area (Å²) in [6.07, 6.45) is 12.9. The number of piperazine rings is 1. The Hall–Kier alpha value is -2.54. The molecule has 1 saturated heterocycles.